The lowest BCUT2D eigenvalue weighted by atomic mass is 9.85. The van der Waals surface area contributed by atoms with Crippen LogP contribution in [-0.4, -0.2) is 11.0 Å². The van der Waals surface area contributed by atoms with Crippen LogP contribution in [0.1, 0.15) is 55.8 Å². The van der Waals surface area contributed by atoms with E-state index in [9.17, 15) is 4.79 Å². The van der Waals surface area contributed by atoms with Gasteiger partial charge in [0.05, 0.1) is 0 Å². The number of nitrogens with two attached hydrogens (primary N) is 1. The van der Waals surface area contributed by atoms with Crippen LogP contribution in [0.25, 0.3) is 11.1 Å². The number of aromatic nitrogens is 1. The van der Waals surface area contributed by atoms with E-state index in [-0.39, 0.29) is 18.0 Å². The smallest absolute Gasteiger partial charge is 0.302 e. The van der Waals surface area contributed by atoms with E-state index in [1.54, 1.807) is 0 Å². The van der Waals surface area contributed by atoms with Crippen molar-refractivity contribution in [1.82, 2.24) is 4.98 Å². The number of pyridine rings is 1. The highest BCUT2D eigenvalue weighted by molar-refractivity contribution is 5.73. The van der Waals surface area contributed by atoms with Crippen LogP contribution in [0.4, 0.5) is 0 Å². The first kappa shape index (κ1) is 20.1. The number of carbonyl (C=O) groups excluding carboxylic acids is 1. The summed E-state index contributed by atoms with van der Waals surface area (Å²) >= 11 is 0. The summed E-state index contributed by atoms with van der Waals surface area (Å²) in [6.45, 7) is 12.7. The molecule has 0 atom stereocenters. The summed E-state index contributed by atoms with van der Waals surface area (Å²) < 4.78 is 5.32. The van der Waals surface area contributed by atoms with Gasteiger partial charge in [-0.15, -0.1) is 0 Å². The fraction of sp³-hybridized carbons (Fsp3) is 0.455. The van der Waals surface area contributed by atoms with Crippen molar-refractivity contribution in [2.45, 2.75) is 61.1 Å². The highest BCUT2D eigenvalue weighted by Crippen LogP contribution is 2.34. The Bertz CT molecular complexity index is 787. The second kappa shape index (κ2) is 8.00. The van der Waals surface area contributed by atoms with Crippen LogP contribution < -0.4 is 5.73 Å². The molecule has 0 fully saturated rings. The number of nitrogens with zero attached hydrogens (tertiary/aromatic N) is 1. The minimum absolute atomic E-state index is 0.102. The predicted octanol–water partition coefficient (Wildman–Crippen LogP) is 4.48. The molecular weight excluding hydrogens is 324 g/mol. The second-order valence-electron chi connectivity index (χ2n) is 8.06. The van der Waals surface area contributed by atoms with E-state index in [1.165, 1.54) is 12.5 Å². The molecule has 2 rings (SSSR count). The zero-order valence-corrected chi connectivity index (χ0v) is 16.8. The molecule has 0 saturated heterocycles. The molecule has 0 aliphatic heterocycles. The standard InChI is InChI=1S/C22H30N2O2/c1-14-7-9-17(10-8-14)21-18(12-23)20(11-22(4,5)6)24-15(2)19(21)13-26-16(3)25/h7-10H,11-13,23H2,1-6H3. The zero-order valence-electron chi connectivity index (χ0n) is 16.8. The lowest BCUT2D eigenvalue weighted by Crippen LogP contribution is -2.18. The third-order valence-electron chi connectivity index (χ3n) is 4.35. The van der Waals surface area contributed by atoms with Crippen LogP contribution in [-0.2, 0) is 29.1 Å². The molecule has 0 saturated carbocycles. The van der Waals surface area contributed by atoms with E-state index < -0.39 is 0 Å². The SMILES string of the molecule is CC(=O)OCc1c(C)nc(CC(C)(C)C)c(CN)c1-c1ccc(C)cc1. The quantitative estimate of drug-likeness (QED) is 0.804. The molecule has 0 aliphatic rings. The molecule has 26 heavy (non-hydrogen) atoms. The molecule has 1 aromatic carbocycles. The number of hydrogen-bond acceptors (Lipinski definition) is 4. The lowest BCUT2D eigenvalue weighted by Gasteiger charge is -2.24. The summed E-state index contributed by atoms with van der Waals surface area (Å²) in [6.07, 6.45) is 0.840. The minimum atomic E-state index is -0.299. The van der Waals surface area contributed by atoms with Gasteiger partial charge in [-0.05, 0) is 42.4 Å². The van der Waals surface area contributed by atoms with Gasteiger partial charge in [0.1, 0.15) is 6.61 Å². The molecule has 4 nitrogen and oxygen atoms in total. The number of rotatable bonds is 5. The monoisotopic (exact) mass is 354 g/mol. The molecule has 0 amide bonds. The van der Waals surface area contributed by atoms with Gasteiger partial charge >= 0.3 is 5.97 Å². The average Bonchev–Trinajstić information content (AvgIpc) is 2.52. The number of benzene rings is 1. The van der Waals surface area contributed by atoms with Crippen molar-refractivity contribution in [3.63, 3.8) is 0 Å². The number of ether oxygens (including phenoxy) is 1. The van der Waals surface area contributed by atoms with Gasteiger partial charge in [-0.2, -0.15) is 0 Å². The van der Waals surface area contributed by atoms with E-state index in [1.807, 2.05) is 6.92 Å². The molecule has 0 aliphatic carbocycles. The molecule has 2 N–H and O–H groups in total. The van der Waals surface area contributed by atoms with Gasteiger partial charge in [-0.3, -0.25) is 9.78 Å². The Morgan fingerprint density at radius 3 is 2.23 bits per heavy atom. The van der Waals surface area contributed by atoms with Crippen molar-refractivity contribution in [3.05, 3.63) is 52.3 Å². The van der Waals surface area contributed by atoms with Crippen molar-refractivity contribution in [1.29, 1.82) is 0 Å². The Kier molecular flexibility index (Phi) is 6.19. The van der Waals surface area contributed by atoms with E-state index in [2.05, 4.69) is 52.0 Å². The number of carbonyl (C=O) groups is 1. The average molecular weight is 354 g/mol. The van der Waals surface area contributed by atoms with Gasteiger partial charge in [0, 0.05) is 30.4 Å². The van der Waals surface area contributed by atoms with Gasteiger partial charge in [0.25, 0.3) is 0 Å². The number of hydrogen-bond donors (Lipinski definition) is 1. The molecule has 0 spiro atoms. The highest BCUT2D eigenvalue weighted by atomic mass is 16.5. The Hall–Kier alpha value is -2.20. The van der Waals surface area contributed by atoms with E-state index >= 15 is 0 Å². The molecule has 4 heteroatoms. The summed E-state index contributed by atoms with van der Waals surface area (Å²) in [6, 6.07) is 8.37. The van der Waals surface area contributed by atoms with Crippen LogP contribution >= 0.6 is 0 Å². The van der Waals surface area contributed by atoms with Crippen LogP contribution in [0.2, 0.25) is 0 Å². The summed E-state index contributed by atoms with van der Waals surface area (Å²) in [5.41, 5.74) is 13.5. The fourth-order valence-electron chi connectivity index (χ4n) is 3.13. The number of aryl methyl sites for hydroxylation is 2. The molecule has 2 aromatic rings. The van der Waals surface area contributed by atoms with Crippen molar-refractivity contribution >= 4 is 5.97 Å². The number of esters is 1. The molecular formula is C22H30N2O2. The lowest BCUT2D eigenvalue weighted by molar-refractivity contribution is -0.142. The summed E-state index contributed by atoms with van der Waals surface area (Å²) in [4.78, 5) is 16.2. The van der Waals surface area contributed by atoms with Crippen LogP contribution in [0.5, 0.6) is 0 Å². The summed E-state index contributed by atoms with van der Waals surface area (Å²) in [5, 5.41) is 0. The van der Waals surface area contributed by atoms with Crippen molar-refractivity contribution in [2.24, 2.45) is 11.1 Å². The fourth-order valence-corrected chi connectivity index (χ4v) is 3.13. The van der Waals surface area contributed by atoms with Gasteiger partial charge < -0.3 is 10.5 Å². The first-order chi connectivity index (χ1) is 12.1. The highest BCUT2D eigenvalue weighted by Gasteiger charge is 2.22. The second-order valence-corrected chi connectivity index (χ2v) is 8.06. The van der Waals surface area contributed by atoms with Crippen LogP contribution in [0.3, 0.4) is 0 Å². The maximum absolute atomic E-state index is 11.4. The molecule has 1 heterocycles. The summed E-state index contributed by atoms with van der Waals surface area (Å²) in [5.74, 6) is -0.299. The maximum atomic E-state index is 11.4. The molecule has 0 unspecified atom stereocenters. The van der Waals surface area contributed by atoms with Crippen molar-refractivity contribution < 1.29 is 9.53 Å². The minimum Gasteiger partial charge on any atom is -0.461 e. The first-order valence-electron chi connectivity index (χ1n) is 9.04. The van der Waals surface area contributed by atoms with E-state index in [0.29, 0.717) is 6.54 Å². The normalized spacial score (nSPS) is 11.5. The largest absolute Gasteiger partial charge is 0.461 e. The van der Waals surface area contributed by atoms with Gasteiger partial charge in [-0.1, -0.05) is 50.6 Å². The molecule has 0 bridgehead atoms. The van der Waals surface area contributed by atoms with Crippen LogP contribution in [0, 0.1) is 19.3 Å². The third kappa shape index (κ3) is 4.92. The van der Waals surface area contributed by atoms with Gasteiger partial charge in [0.2, 0.25) is 0 Å². The van der Waals surface area contributed by atoms with Gasteiger partial charge in [-0.25, -0.2) is 0 Å². The van der Waals surface area contributed by atoms with Gasteiger partial charge in [0.15, 0.2) is 0 Å². The third-order valence-corrected chi connectivity index (χ3v) is 4.35. The Morgan fingerprint density at radius 2 is 1.73 bits per heavy atom. The first-order valence-corrected chi connectivity index (χ1v) is 9.04. The maximum Gasteiger partial charge on any atom is 0.302 e. The molecule has 0 radical (unpaired) electrons. The zero-order chi connectivity index (χ0) is 19.5. The van der Waals surface area contributed by atoms with Crippen LogP contribution in [0.15, 0.2) is 24.3 Å². The van der Waals surface area contributed by atoms with E-state index in [0.717, 1.165) is 40.1 Å². The Morgan fingerprint density at radius 1 is 1.12 bits per heavy atom. The molecule has 1 aromatic heterocycles. The van der Waals surface area contributed by atoms with Crippen molar-refractivity contribution in [3.8, 4) is 11.1 Å². The topological polar surface area (TPSA) is 65.2 Å². The predicted molar refractivity (Wildman–Crippen MR) is 106 cm³/mol. The molecule has 140 valence electrons. The van der Waals surface area contributed by atoms with Crippen molar-refractivity contribution in [2.75, 3.05) is 0 Å². The summed E-state index contributed by atoms with van der Waals surface area (Å²) in [7, 11) is 0. The Balaban J connectivity index is 2.71. The Labute approximate surface area is 156 Å². The van der Waals surface area contributed by atoms with E-state index in [4.69, 9.17) is 15.5 Å².